The molecule has 2 aromatic heterocycles. The first kappa shape index (κ1) is 12.2. The summed E-state index contributed by atoms with van der Waals surface area (Å²) in [7, 11) is 1.25. The van der Waals surface area contributed by atoms with Gasteiger partial charge in [0, 0.05) is 11.6 Å². The minimum absolute atomic E-state index is 0.0520. The summed E-state index contributed by atoms with van der Waals surface area (Å²) >= 11 is 1.31. The minimum Gasteiger partial charge on any atom is -0.464 e. The largest absolute Gasteiger partial charge is 0.464 e. The molecule has 0 saturated carbocycles. The summed E-state index contributed by atoms with van der Waals surface area (Å²) in [6.45, 7) is -0.0520. The van der Waals surface area contributed by atoms with Gasteiger partial charge in [-0.3, -0.25) is 4.79 Å². The first-order valence-corrected chi connectivity index (χ1v) is 5.75. The minimum atomic E-state index is -0.596. The number of hydrogen-bond acceptors (Lipinski definition) is 7. The van der Waals surface area contributed by atoms with E-state index in [1.54, 1.807) is 11.6 Å². The maximum absolute atomic E-state index is 11.6. The van der Waals surface area contributed by atoms with Gasteiger partial charge in [-0.05, 0) is 0 Å². The Kier molecular flexibility index (Phi) is 3.63. The topological polar surface area (TPSA) is 99.0 Å². The molecule has 0 radical (unpaired) electrons. The van der Waals surface area contributed by atoms with E-state index in [0.717, 1.165) is 0 Å². The average molecular weight is 267 g/mol. The van der Waals surface area contributed by atoms with Crippen LogP contribution in [0.25, 0.3) is 0 Å². The van der Waals surface area contributed by atoms with Crippen LogP contribution in [-0.4, -0.2) is 39.0 Å². The van der Waals surface area contributed by atoms with Crippen molar-refractivity contribution >= 4 is 28.3 Å². The summed E-state index contributed by atoms with van der Waals surface area (Å²) in [6, 6.07) is 0. The lowest BCUT2D eigenvalue weighted by Gasteiger charge is -2.00. The zero-order valence-electron chi connectivity index (χ0n) is 9.36. The third-order valence-corrected chi connectivity index (χ3v) is 2.61. The second kappa shape index (κ2) is 5.36. The average Bonchev–Trinajstić information content (AvgIpc) is 2.99. The van der Waals surface area contributed by atoms with Gasteiger partial charge >= 0.3 is 5.97 Å². The van der Waals surface area contributed by atoms with Crippen molar-refractivity contribution in [2.45, 2.75) is 6.54 Å². The van der Waals surface area contributed by atoms with Gasteiger partial charge in [0.25, 0.3) is 0 Å². The number of anilines is 1. The lowest BCUT2D eigenvalue weighted by Crippen LogP contribution is -2.19. The maximum Gasteiger partial charge on any atom is 0.360 e. The van der Waals surface area contributed by atoms with Crippen molar-refractivity contribution < 1.29 is 14.3 Å². The van der Waals surface area contributed by atoms with E-state index in [4.69, 9.17) is 0 Å². The zero-order valence-corrected chi connectivity index (χ0v) is 10.2. The molecule has 2 rings (SSSR count). The van der Waals surface area contributed by atoms with Gasteiger partial charge in [0.1, 0.15) is 6.54 Å². The lowest BCUT2D eigenvalue weighted by molar-refractivity contribution is -0.116. The van der Waals surface area contributed by atoms with Crippen molar-refractivity contribution in [3.63, 3.8) is 0 Å². The molecule has 1 amide bonds. The fraction of sp³-hybridized carbons (Fsp3) is 0.222. The Morgan fingerprint density at radius 1 is 1.56 bits per heavy atom. The van der Waals surface area contributed by atoms with Gasteiger partial charge in [-0.1, -0.05) is 5.21 Å². The molecule has 0 bridgehead atoms. The zero-order chi connectivity index (χ0) is 13.0. The van der Waals surface area contributed by atoms with Crippen LogP contribution in [0.15, 0.2) is 17.8 Å². The summed E-state index contributed by atoms with van der Waals surface area (Å²) in [5.41, 5.74) is 0.0551. The molecule has 0 aliphatic heterocycles. The molecule has 94 valence electrons. The normalized spacial score (nSPS) is 10.1. The first-order valence-electron chi connectivity index (χ1n) is 4.87. The van der Waals surface area contributed by atoms with E-state index in [-0.39, 0.29) is 18.1 Å². The number of nitrogens with zero attached hydrogens (tertiary/aromatic N) is 4. The maximum atomic E-state index is 11.6. The number of carbonyl (C=O) groups is 2. The van der Waals surface area contributed by atoms with Gasteiger partial charge < -0.3 is 10.1 Å². The molecule has 0 unspecified atom stereocenters. The van der Waals surface area contributed by atoms with E-state index >= 15 is 0 Å². The molecular weight excluding hydrogens is 258 g/mol. The van der Waals surface area contributed by atoms with Crippen LogP contribution in [0.5, 0.6) is 0 Å². The highest BCUT2D eigenvalue weighted by atomic mass is 32.1. The van der Waals surface area contributed by atoms with Crippen LogP contribution < -0.4 is 5.32 Å². The van der Waals surface area contributed by atoms with Crippen molar-refractivity contribution in [1.29, 1.82) is 0 Å². The number of amides is 1. The summed E-state index contributed by atoms with van der Waals surface area (Å²) in [5.74, 6) is -0.896. The van der Waals surface area contributed by atoms with E-state index in [9.17, 15) is 9.59 Å². The molecule has 18 heavy (non-hydrogen) atoms. The van der Waals surface area contributed by atoms with E-state index in [2.05, 4.69) is 25.3 Å². The van der Waals surface area contributed by atoms with Crippen molar-refractivity contribution in [3.8, 4) is 0 Å². The lowest BCUT2D eigenvalue weighted by atomic mass is 10.5. The van der Waals surface area contributed by atoms with Gasteiger partial charge in [-0.15, -0.1) is 16.4 Å². The highest BCUT2D eigenvalue weighted by Gasteiger charge is 2.12. The number of ether oxygens (including phenoxy) is 1. The van der Waals surface area contributed by atoms with Crippen LogP contribution in [0.3, 0.4) is 0 Å². The molecule has 0 aliphatic rings. The Labute approximate surface area is 106 Å². The van der Waals surface area contributed by atoms with Crippen LogP contribution in [0.4, 0.5) is 5.13 Å². The number of esters is 1. The molecule has 8 nitrogen and oxygen atoms in total. The molecule has 2 aromatic rings. The molecule has 0 saturated heterocycles. The fourth-order valence-corrected chi connectivity index (χ4v) is 1.71. The van der Waals surface area contributed by atoms with Crippen LogP contribution >= 0.6 is 11.3 Å². The van der Waals surface area contributed by atoms with E-state index < -0.39 is 5.97 Å². The second-order valence-corrected chi connectivity index (χ2v) is 4.07. The summed E-state index contributed by atoms with van der Waals surface area (Å²) < 4.78 is 5.72. The monoisotopic (exact) mass is 267 g/mol. The molecule has 0 aliphatic carbocycles. The summed E-state index contributed by atoms with van der Waals surface area (Å²) in [6.07, 6.45) is 2.93. The van der Waals surface area contributed by atoms with Crippen molar-refractivity contribution in [3.05, 3.63) is 23.5 Å². The number of carbonyl (C=O) groups excluding carboxylic acids is 2. The number of nitrogens with one attached hydrogen (secondary N) is 1. The number of thiazole rings is 1. The van der Waals surface area contributed by atoms with Gasteiger partial charge in [0.05, 0.1) is 13.3 Å². The molecule has 1 N–H and O–H groups in total. The molecule has 2 heterocycles. The number of hydrogen-bond donors (Lipinski definition) is 1. The molecule has 0 fully saturated rings. The molecule has 9 heteroatoms. The highest BCUT2D eigenvalue weighted by Crippen LogP contribution is 2.09. The highest BCUT2D eigenvalue weighted by molar-refractivity contribution is 7.13. The van der Waals surface area contributed by atoms with Gasteiger partial charge in [-0.25, -0.2) is 14.5 Å². The predicted octanol–water partition coefficient (Wildman–Crippen LogP) is 0.160. The SMILES string of the molecule is COC(=O)c1cn(CC(=O)Nc2nccs2)nn1. The van der Waals surface area contributed by atoms with Gasteiger partial charge in [0.2, 0.25) is 5.91 Å². The number of aromatic nitrogens is 4. The number of methoxy groups -OCH3 is 1. The quantitative estimate of drug-likeness (QED) is 0.792. The van der Waals surface area contributed by atoms with Crippen molar-refractivity contribution in [2.75, 3.05) is 12.4 Å². The second-order valence-electron chi connectivity index (χ2n) is 3.18. The first-order chi connectivity index (χ1) is 8.69. The predicted molar refractivity (Wildman–Crippen MR) is 62.1 cm³/mol. The van der Waals surface area contributed by atoms with Crippen LogP contribution in [0.1, 0.15) is 10.5 Å². The third kappa shape index (κ3) is 2.88. The Morgan fingerprint density at radius 2 is 2.39 bits per heavy atom. The molecule has 0 spiro atoms. The molecule has 0 aromatic carbocycles. The Hall–Kier alpha value is -2.29. The van der Waals surface area contributed by atoms with Gasteiger partial charge in [0.15, 0.2) is 10.8 Å². The third-order valence-electron chi connectivity index (χ3n) is 1.92. The van der Waals surface area contributed by atoms with E-state index in [1.807, 2.05) is 0 Å². The standard InChI is InChI=1S/C9H9N5O3S/c1-17-8(16)6-4-14(13-12-6)5-7(15)11-9-10-2-3-18-9/h2-4H,5H2,1H3,(H,10,11,15). The van der Waals surface area contributed by atoms with Crippen LogP contribution in [0, 0.1) is 0 Å². The van der Waals surface area contributed by atoms with Crippen molar-refractivity contribution in [1.82, 2.24) is 20.0 Å². The van der Waals surface area contributed by atoms with E-state index in [0.29, 0.717) is 5.13 Å². The van der Waals surface area contributed by atoms with Crippen LogP contribution in [-0.2, 0) is 16.1 Å². The smallest absolute Gasteiger partial charge is 0.360 e. The Bertz CT molecular complexity index is 550. The number of rotatable bonds is 4. The summed E-state index contributed by atoms with van der Waals surface area (Å²) in [4.78, 5) is 26.6. The Balaban J connectivity index is 1.95. The molecular formula is C9H9N5O3S. The van der Waals surface area contributed by atoms with Crippen LogP contribution in [0.2, 0.25) is 0 Å². The fourth-order valence-electron chi connectivity index (χ4n) is 1.16. The Morgan fingerprint density at radius 3 is 3.06 bits per heavy atom. The summed E-state index contributed by atoms with van der Waals surface area (Å²) in [5, 5.41) is 12.1. The van der Waals surface area contributed by atoms with Gasteiger partial charge in [-0.2, -0.15) is 0 Å². The van der Waals surface area contributed by atoms with Crippen molar-refractivity contribution in [2.24, 2.45) is 0 Å². The molecule has 0 atom stereocenters. The van der Waals surface area contributed by atoms with E-state index in [1.165, 1.54) is 29.3 Å².